The van der Waals surface area contributed by atoms with Crippen molar-refractivity contribution in [1.82, 2.24) is 5.32 Å². The van der Waals surface area contributed by atoms with Gasteiger partial charge in [-0.25, -0.2) is 0 Å². The molecular weight excluding hydrogens is 240 g/mol. The second-order valence-electron chi connectivity index (χ2n) is 5.58. The number of hydrogen-bond acceptors (Lipinski definition) is 3. The van der Waals surface area contributed by atoms with Crippen LogP contribution in [0.15, 0.2) is 24.3 Å². The molecule has 1 heterocycles. The van der Waals surface area contributed by atoms with Crippen LogP contribution in [0.5, 0.6) is 5.75 Å². The van der Waals surface area contributed by atoms with Gasteiger partial charge in [-0.15, -0.1) is 0 Å². The number of nitrogens with zero attached hydrogens (tertiary/aromatic N) is 1. The lowest BCUT2D eigenvalue weighted by Crippen LogP contribution is -2.49. The van der Waals surface area contributed by atoms with E-state index in [1.807, 2.05) is 24.3 Å². The highest BCUT2D eigenvalue weighted by atomic mass is 16.5. The average Bonchev–Trinajstić information content (AvgIpc) is 2.78. The number of carbonyl (C=O) groups excluding carboxylic acids is 1. The predicted molar refractivity (Wildman–Crippen MR) is 69.3 cm³/mol. The van der Waals surface area contributed by atoms with Gasteiger partial charge >= 0.3 is 0 Å². The van der Waals surface area contributed by atoms with Crippen molar-refractivity contribution in [3.05, 3.63) is 29.8 Å². The molecule has 98 valence electrons. The van der Waals surface area contributed by atoms with Crippen LogP contribution in [0, 0.1) is 22.7 Å². The second kappa shape index (κ2) is 4.27. The van der Waals surface area contributed by atoms with E-state index < -0.39 is 5.41 Å². The highest BCUT2D eigenvalue weighted by molar-refractivity contribution is 5.87. The molecule has 0 aromatic heterocycles. The molecule has 1 saturated carbocycles. The van der Waals surface area contributed by atoms with Crippen LogP contribution < -0.4 is 10.1 Å². The first-order valence-electron chi connectivity index (χ1n) is 6.58. The Bertz CT molecular complexity index is 556. The van der Waals surface area contributed by atoms with Gasteiger partial charge in [-0.1, -0.05) is 25.1 Å². The van der Waals surface area contributed by atoms with Crippen LogP contribution in [0.25, 0.3) is 0 Å². The minimum Gasteiger partial charge on any atom is -0.491 e. The van der Waals surface area contributed by atoms with Crippen molar-refractivity contribution in [2.75, 3.05) is 6.61 Å². The van der Waals surface area contributed by atoms with E-state index in [0.717, 1.165) is 11.3 Å². The number of hydrogen-bond donors (Lipinski definition) is 1. The molecule has 1 aromatic carbocycles. The zero-order valence-corrected chi connectivity index (χ0v) is 10.8. The van der Waals surface area contributed by atoms with E-state index in [2.05, 4.69) is 18.3 Å². The molecule has 1 aromatic rings. The van der Waals surface area contributed by atoms with Crippen molar-refractivity contribution in [1.29, 1.82) is 5.26 Å². The Morgan fingerprint density at radius 3 is 2.89 bits per heavy atom. The Balaban J connectivity index is 1.74. The Hall–Kier alpha value is -2.02. The predicted octanol–water partition coefficient (Wildman–Crippen LogP) is 2.18. The summed E-state index contributed by atoms with van der Waals surface area (Å²) < 4.78 is 5.53. The fraction of sp³-hybridized carbons (Fsp3) is 0.467. The van der Waals surface area contributed by atoms with Gasteiger partial charge in [0.2, 0.25) is 5.91 Å². The summed E-state index contributed by atoms with van der Waals surface area (Å²) in [4.78, 5) is 12.3. The monoisotopic (exact) mass is 256 g/mol. The van der Waals surface area contributed by atoms with Crippen molar-refractivity contribution in [3.8, 4) is 11.8 Å². The second-order valence-corrected chi connectivity index (χ2v) is 5.58. The van der Waals surface area contributed by atoms with Crippen LogP contribution in [0.4, 0.5) is 0 Å². The van der Waals surface area contributed by atoms with Gasteiger partial charge in [-0.3, -0.25) is 4.79 Å². The molecule has 0 spiro atoms. The number of para-hydroxylation sites is 1. The van der Waals surface area contributed by atoms with E-state index in [1.54, 1.807) is 0 Å². The van der Waals surface area contributed by atoms with Gasteiger partial charge in [-0.2, -0.15) is 5.26 Å². The number of ether oxygens (including phenoxy) is 1. The van der Waals surface area contributed by atoms with Crippen molar-refractivity contribution in [2.45, 2.75) is 25.8 Å². The first-order valence-corrected chi connectivity index (χ1v) is 6.58. The third-order valence-corrected chi connectivity index (χ3v) is 4.05. The Morgan fingerprint density at radius 2 is 2.21 bits per heavy atom. The van der Waals surface area contributed by atoms with E-state index in [1.165, 1.54) is 0 Å². The largest absolute Gasteiger partial charge is 0.491 e. The molecule has 19 heavy (non-hydrogen) atoms. The molecule has 1 N–H and O–H groups in total. The van der Waals surface area contributed by atoms with Crippen molar-refractivity contribution >= 4 is 5.91 Å². The zero-order valence-electron chi connectivity index (χ0n) is 10.8. The first kappa shape index (κ1) is 12.0. The molecule has 1 atom stereocenters. The van der Waals surface area contributed by atoms with E-state index in [0.29, 0.717) is 25.4 Å². The molecule has 2 aliphatic rings. The van der Waals surface area contributed by atoms with Gasteiger partial charge in [0, 0.05) is 5.56 Å². The van der Waals surface area contributed by atoms with Crippen molar-refractivity contribution in [3.63, 3.8) is 0 Å². The fourth-order valence-electron chi connectivity index (χ4n) is 3.04. The molecule has 1 aliphatic heterocycles. The van der Waals surface area contributed by atoms with Crippen LogP contribution in [0.2, 0.25) is 0 Å². The van der Waals surface area contributed by atoms with Gasteiger partial charge in [0.05, 0.1) is 12.1 Å². The SMILES string of the molecule is CC1CC(C#N)(C(=O)NC2COc3ccccc32)C1. The standard InChI is InChI=1S/C15H16N2O2/c1-10-6-15(7-10,9-16)14(18)17-12-8-19-13-5-3-2-4-11(12)13/h2-5,10,12H,6-8H2,1H3,(H,17,18). The summed E-state index contributed by atoms with van der Waals surface area (Å²) in [7, 11) is 0. The number of nitrogens with one attached hydrogen (secondary N) is 1. The molecule has 0 radical (unpaired) electrons. The maximum atomic E-state index is 12.3. The molecule has 1 aliphatic carbocycles. The highest BCUT2D eigenvalue weighted by Gasteiger charge is 2.49. The van der Waals surface area contributed by atoms with Crippen LogP contribution in [-0.2, 0) is 4.79 Å². The molecular formula is C15H16N2O2. The maximum absolute atomic E-state index is 12.3. The number of benzene rings is 1. The molecule has 1 unspecified atom stereocenters. The number of fused-ring (bicyclic) bond motifs is 1. The zero-order chi connectivity index (χ0) is 13.5. The lowest BCUT2D eigenvalue weighted by molar-refractivity contribution is -0.134. The summed E-state index contributed by atoms with van der Waals surface area (Å²) >= 11 is 0. The fourth-order valence-corrected chi connectivity index (χ4v) is 3.04. The van der Waals surface area contributed by atoms with Crippen molar-refractivity contribution < 1.29 is 9.53 Å². The van der Waals surface area contributed by atoms with Crippen LogP contribution in [-0.4, -0.2) is 12.5 Å². The van der Waals surface area contributed by atoms with Crippen LogP contribution in [0.3, 0.4) is 0 Å². The summed E-state index contributed by atoms with van der Waals surface area (Å²) in [5.41, 5.74) is 0.174. The molecule has 1 fully saturated rings. The summed E-state index contributed by atoms with van der Waals surface area (Å²) in [5.74, 6) is 1.12. The Morgan fingerprint density at radius 1 is 1.47 bits per heavy atom. The van der Waals surface area contributed by atoms with Gasteiger partial charge in [0.1, 0.15) is 17.8 Å². The van der Waals surface area contributed by atoms with Crippen molar-refractivity contribution in [2.24, 2.45) is 11.3 Å². The molecule has 4 nitrogen and oxygen atoms in total. The molecule has 1 amide bonds. The molecule has 0 bridgehead atoms. The van der Waals surface area contributed by atoms with Gasteiger partial charge < -0.3 is 10.1 Å². The van der Waals surface area contributed by atoms with Crippen LogP contribution >= 0.6 is 0 Å². The Kier molecular flexibility index (Phi) is 2.70. The quantitative estimate of drug-likeness (QED) is 0.882. The third kappa shape index (κ3) is 1.86. The highest BCUT2D eigenvalue weighted by Crippen LogP contribution is 2.45. The Labute approximate surface area is 112 Å². The summed E-state index contributed by atoms with van der Waals surface area (Å²) in [6.07, 6.45) is 1.31. The number of nitriles is 1. The molecule has 4 heteroatoms. The minimum absolute atomic E-state index is 0.134. The molecule has 0 saturated heterocycles. The first-order chi connectivity index (χ1) is 9.14. The van der Waals surface area contributed by atoms with Gasteiger partial charge in [0.25, 0.3) is 0 Å². The normalized spacial score (nSPS) is 31.6. The maximum Gasteiger partial charge on any atom is 0.241 e. The van der Waals surface area contributed by atoms with E-state index in [9.17, 15) is 10.1 Å². The molecule has 3 rings (SSSR count). The number of amides is 1. The number of carbonyl (C=O) groups is 1. The van der Waals surface area contributed by atoms with Gasteiger partial charge in [-0.05, 0) is 24.8 Å². The summed E-state index contributed by atoms with van der Waals surface area (Å²) in [5, 5.41) is 12.2. The lowest BCUT2D eigenvalue weighted by Gasteiger charge is -2.39. The average molecular weight is 256 g/mol. The van der Waals surface area contributed by atoms with E-state index >= 15 is 0 Å². The number of rotatable bonds is 2. The van der Waals surface area contributed by atoms with Gasteiger partial charge in [0.15, 0.2) is 0 Å². The van der Waals surface area contributed by atoms with E-state index in [4.69, 9.17) is 4.74 Å². The smallest absolute Gasteiger partial charge is 0.241 e. The lowest BCUT2D eigenvalue weighted by atomic mass is 9.63. The van der Waals surface area contributed by atoms with Crippen LogP contribution in [0.1, 0.15) is 31.4 Å². The summed E-state index contributed by atoms with van der Waals surface area (Å²) in [6, 6.07) is 9.74. The topological polar surface area (TPSA) is 62.1 Å². The third-order valence-electron chi connectivity index (χ3n) is 4.05. The minimum atomic E-state index is -0.822. The van der Waals surface area contributed by atoms with E-state index in [-0.39, 0.29) is 11.9 Å². The summed E-state index contributed by atoms with van der Waals surface area (Å²) in [6.45, 7) is 2.51.